The highest BCUT2D eigenvalue weighted by Gasteiger charge is 2.53. The van der Waals surface area contributed by atoms with Gasteiger partial charge in [-0.3, -0.25) is 9.59 Å². The zero-order valence-electron chi connectivity index (χ0n) is 12.7. The smallest absolute Gasteiger partial charge is 0.256 e. The van der Waals surface area contributed by atoms with E-state index >= 15 is 0 Å². The molecule has 0 saturated carbocycles. The van der Waals surface area contributed by atoms with E-state index in [1.54, 1.807) is 16.8 Å². The predicted octanol–water partition coefficient (Wildman–Crippen LogP) is 2.04. The number of rotatable bonds is 0. The van der Waals surface area contributed by atoms with Crippen molar-refractivity contribution in [3.8, 4) is 0 Å². The number of benzene rings is 1. The zero-order chi connectivity index (χ0) is 15.5. The van der Waals surface area contributed by atoms with Crippen LogP contribution in [0, 0.1) is 11.2 Å². The Morgan fingerprint density at radius 1 is 1.24 bits per heavy atom. The van der Waals surface area contributed by atoms with E-state index < -0.39 is 6.04 Å². The molecule has 0 spiro atoms. The molecule has 112 valence electrons. The summed E-state index contributed by atoms with van der Waals surface area (Å²) in [4.78, 5) is 28.6. The van der Waals surface area contributed by atoms with E-state index in [9.17, 15) is 14.0 Å². The van der Waals surface area contributed by atoms with Crippen LogP contribution in [0.2, 0.25) is 0 Å². The van der Waals surface area contributed by atoms with Gasteiger partial charge in [-0.2, -0.15) is 0 Å². The molecule has 1 aromatic carbocycles. The number of carbonyl (C=O) groups is 2. The molecule has 21 heavy (non-hydrogen) atoms. The zero-order valence-corrected chi connectivity index (χ0v) is 12.7. The fourth-order valence-electron chi connectivity index (χ4n) is 3.56. The third-order valence-electron chi connectivity index (χ3n) is 4.32. The maximum Gasteiger partial charge on any atom is 0.256 e. The average Bonchev–Trinajstić information content (AvgIpc) is 2.63. The number of likely N-dealkylation sites (N-methyl/N-ethyl adjacent to an activating group) is 1. The molecule has 5 heteroatoms. The van der Waals surface area contributed by atoms with Crippen molar-refractivity contribution in [2.24, 2.45) is 5.41 Å². The first-order chi connectivity index (χ1) is 9.71. The van der Waals surface area contributed by atoms with E-state index in [-0.39, 0.29) is 29.2 Å². The second-order valence-corrected chi connectivity index (χ2v) is 6.92. The largest absolute Gasteiger partial charge is 0.323 e. The number of carbonyl (C=O) groups excluding carboxylic acids is 2. The molecule has 4 nitrogen and oxygen atoms in total. The Bertz CT molecular complexity index is 636. The minimum atomic E-state index is -0.513. The molecule has 2 aliphatic heterocycles. The lowest BCUT2D eigenvalue weighted by molar-refractivity contribution is -0.129. The van der Waals surface area contributed by atoms with Gasteiger partial charge in [-0.05, 0) is 23.8 Å². The van der Waals surface area contributed by atoms with Crippen LogP contribution >= 0.6 is 0 Å². The Morgan fingerprint density at radius 3 is 2.52 bits per heavy atom. The molecule has 1 saturated heterocycles. The molecule has 0 bridgehead atoms. The lowest BCUT2D eigenvalue weighted by Crippen LogP contribution is -2.52. The van der Waals surface area contributed by atoms with E-state index in [0.717, 1.165) is 0 Å². The van der Waals surface area contributed by atoms with E-state index in [0.29, 0.717) is 17.5 Å². The second kappa shape index (κ2) is 4.29. The van der Waals surface area contributed by atoms with Gasteiger partial charge in [-0.25, -0.2) is 4.39 Å². The Kier molecular flexibility index (Phi) is 2.87. The summed E-state index contributed by atoms with van der Waals surface area (Å²) in [6.07, 6.45) is 0.106. The number of fused-ring (bicyclic) bond motifs is 2. The monoisotopic (exact) mass is 290 g/mol. The minimum Gasteiger partial charge on any atom is -0.323 e. The standard InChI is InChI=1S/C16H19FN2O2/c1-16(2,3)15-18(4)14(21)12-8-9-7-10(17)5-6-11(9)13(20)19(12)15/h5-7,12,15H,8H2,1-4H3/t12-,15-/m0/s1. The van der Waals surface area contributed by atoms with Crippen LogP contribution in [0.4, 0.5) is 4.39 Å². The Labute approximate surface area is 123 Å². The maximum absolute atomic E-state index is 13.4. The van der Waals surface area contributed by atoms with Crippen molar-refractivity contribution in [1.82, 2.24) is 9.80 Å². The first kappa shape index (κ1) is 14.0. The first-order valence-electron chi connectivity index (χ1n) is 7.09. The second-order valence-electron chi connectivity index (χ2n) is 6.92. The van der Waals surface area contributed by atoms with E-state index in [1.165, 1.54) is 18.2 Å². The number of nitrogens with zero attached hydrogens (tertiary/aromatic N) is 2. The highest BCUT2D eigenvalue weighted by atomic mass is 19.1. The molecule has 1 fully saturated rings. The van der Waals surface area contributed by atoms with Crippen molar-refractivity contribution in [3.63, 3.8) is 0 Å². The third-order valence-corrected chi connectivity index (χ3v) is 4.32. The van der Waals surface area contributed by atoms with E-state index in [4.69, 9.17) is 0 Å². The number of halogens is 1. The molecule has 0 radical (unpaired) electrons. The van der Waals surface area contributed by atoms with Gasteiger partial charge in [0.25, 0.3) is 5.91 Å². The van der Waals surface area contributed by atoms with Crippen LogP contribution < -0.4 is 0 Å². The number of hydrogen-bond donors (Lipinski definition) is 0. The van der Waals surface area contributed by atoms with Crippen molar-refractivity contribution in [2.45, 2.75) is 39.4 Å². The van der Waals surface area contributed by atoms with Gasteiger partial charge in [-0.15, -0.1) is 0 Å². The van der Waals surface area contributed by atoms with Gasteiger partial charge in [0.1, 0.15) is 18.0 Å². The maximum atomic E-state index is 13.4. The van der Waals surface area contributed by atoms with Gasteiger partial charge >= 0.3 is 0 Å². The summed E-state index contributed by atoms with van der Waals surface area (Å²) < 4.78 is 13.4. The molecular weight excluding hydrogens is 271 g/mol. The topological polar surface area (TPSA) is 40.6 Å². The first-order valence-corrected chi connectivity index (χ1v) is 7.09. The fraction of sp³-hybridized carbons (Fsp3) is 0.500. The van der Waals surface area contributed by atoms with Crippen LogP contribution in [0.15, 0.2) is 18.2 Å². The van der Waals surface area contributed by atoms with Gasteiger partial charge in [0.05, 0.1) is 0 Å². The molecule has 2 heterocycles. The highest BCUT2D eigenvalue weighted by Crippen LogP contribution is 2.38. The summed E-state index contributed by atoms with van der Waals surface area (Å²) in [6.45, 7) is 6.03. The van der Waals surface area contributed by atoms with Crippen LogP contribution in [0.1, 0.15) is 36.7 Å². The van der Waals surface area contributed by atoms with E-state index in [2.05, 4.69) is 0 Å². The molecule has 0 N–H and O–H groups in total. The summed E-state index contributed by atoms with van der Waals surface area (Å²) in [7, 11) is 1.73. The average molecular weight is 290 g/mol. The van der Waals surface area contributed by atoms with Crippen molar-refractivity contribution < 1.29 is 14.0 Å². The molecule has 1 aromatic rings. The molecule has 3 rings (SSSR count). The summed E-state index contributed by atoms with van der Waals surface area (Å²) in [5.41, 5.74) is 0.884. The third kappa shape index (κ3) is 1.94. The predicted molar refractivity (Wildman–Crippen MR) is 76.1 cm³/mol. The Hall–Kier alpha value is -1.91. The minimum absolute atomic E-state index is 0.0711. The SMILES string of the molecule is CN1C(=O)[C@@H]2Cc3cc(F)ccc3C(=O)N2[C@H]1C(C)(C)C. The molecule has 0 aromatic heterocycles. The fourth-order valence-corrected chi connectivity index (χ4v) is 3.56. The lowest BCUT2D eigenvalue weighted by atomic mass is 9.88. The van der Waals surface area contributed by atoms with Crippen molar-refractivity contribution in [3.05, 3.63) is 35.1 Å². The van der Waals surface area contributed by atoms with Gasteiger partial charge in [0, 0.05) is 24.4 Å². The van der Waals surface area contributed by atoms with Crippen molar-refractivity contribution >= 4 is 11.8 Å². The summed E-state index contributed by atoms with van der Waals surface area (Å²) >= 11 is 0. The van der Waals surface area contributed by atoms with Crippen LogP contribution in [-0.2, 0) is 11.2 Å². The molecule has 0 aliphatic carbocycles. The summed E-state index contributed by atoms with van der Waals surface area (Å²) in [5, 5.41) is 0. The highest BCUT2D eigenvalue weighted by molar-refractivity contribution is 6.02. The lowest BCUT2D eigenvalue weighted by Gasteiger charge is -2.40. The normalized spacial score (nSPS) is 25.2. The Morgan fingerprint density at radius 2 is 1.90 bits per heavy atom. The number of amides is 2. The van der Waals surface area contributed by atoms with Crippen molar-refractivity contribution in [1.29, 1.82) is 0 Å². The van der Waals surface area contributed by atoms with Crippen LogP contribution in [0.25, 0.3) is 0 Å². The van der Waals surface area contributed by atoms with Crippen LogP contribution in [0.5, 0.6) is 0 Å². The van der Waals surface area contributed by atoms with Crippen LogP contribution in [0.3, 0.4) is 0 Å². The van der Waals surface area contributed by atoms with Gasteiger partial charge in [0.15, 0.2) is 0 Å². The molecule has 2 amide bonds. The van der Waals surface area contributed by atoms with E-state index in [1.807, 2.05) is 20.8 Å². The van der Waals surface area contributed by atoms with Gasteiger partial charge < -0.3 is 9.80 Å². The van der Waals surface area contributed by atoms with Crippen molar-refractivity contribution in [2.75, 3.05) is 7.05 Å². The van der Waals surface area contributed by atoms with Gasteiger partial charge in [-0.1, -0.05) is 20.8 Å². The number of hydrogen-bond acceptors (Lipinski definition) is 2. The molecular formula is C16H19FN2O2. The molecule has 0 unspecified atom stereocenters. The van der Waals surface area contributed by atoms with Gasteiger partial charge in [0.2, 0.25) is 5.91 Å². The Balaban J connectivity index is 2.11. The quantitative estimate of drug-likeness (QED) is 0.733. The summed E-state index contributed by atoms with van der Waals surface area (Å²) in [5.74, 6) is -0.627. The van der Waals surface area contributed by atoms with Crippen LogP contribution in [-0.4, -0.2) is 40.9 Å². The summed E-state index contributed by atoms with van der Waals surface area (Å²) in [6, 6.07) is 3.67. The molecule has 2 aliphatic rings. The molecule has 2 atom stereocenters.